The van der Waals surface area contributed by atoms with Crippen LogP contribution in [0.2, 0.25) is 0 Å². The Morgan fingerprint density at radius 3 is 1.67 bits per heavy atom. The second-order valence-corrected chi connectivity index (χ2v) is 2.61. The highest BCUT2D eigenvalue weighted by Gasteiger charge is 2.04. The Labute approximate surface area is 69.6 Å². The molecule has 1 aromatic rings. The summed E-state index contributed by atoms with van der Waals surface area (Å²) in [5, 5.41) is 5.54. The van der Waals surface area contributed by atoms with Gasteiger partial charge in [-0.25, -0.2) is 0 Å². The Morgan fingerprint density at radius 2 is 1.33 bits per heavy atom. The van der Waals surface area contributed by atoms with Crippen LogP contribution < -0.4 is 0 Å². The van der Waals surface area contributed by atoms with Crippen LogP contribution in [0.3, 0.4) is 0 Å². The number of nitroso groups, excluding NO2 is 2. The van der Waals surface area contributed by atoms with Crippen molar-refractivity contribution in [2.75, 3.05) is 0 Å². The summed E-state index contributed by atoms with van der Waals surface area (Å²) in [4.78, 5) is 20.4. The second-order valence-electron chi connectivity index (χ2n) is 2.61. The van der Waals surface area contributed by atoms with Crippen molar-refractivity contribution in [3.8, 4) is 0 Å². The molecule has 1 rings (SSSR count). The summed E-state index contributed by atoms with van der Waals surface area (Å²) >= 11 is 0. The van der Waals surface area contributed by atoms with Crippen molar-refractivity contribution in [1.29, 1.82) is 0 Å². The van der Waals surface area contributed by atoms with Gasteiger partial charge in [0.05, 0.1) is 0 Å². The Hall–Kier alpha value is -1.58. The average molecular weight is 164 g/mol. The maximum Gasteiger partial charge on any atom is 0.113 e. The van der Waals surface area contributed by atoms with Gasteiger partial charge < -0.3 is 0 Å². The zero-order valence-electron chi connectivity index (χ0n) is 6.87. The molecule has 4 heteroatoms. The molecule has 0 atom stereocenters. The van der Waals surface area contributed by atoms with Crippen LogP contribution in [0, 0.1) is 23.7 Å². The predicted octanol–water partition coefficient (Wildman–Crippen LogP) is 3.10. The average Bonchev–Trinajstić information content (AvgIpc) is 2.05. The van der Waals surface area contributed by atoms with E-state index in [1.165, 1.54) is 6.07 Å². The van der Waals surface area contributed by atoms with Crippen molar-refractivity contribution in [2.45, 2.75) is 13.8 Å². The van der Waals surface area contributed by atoms with E-state index in [4.69, 9.17) is 0 Å². The van der Waals surface area contributed by atoms with Gasteiger partial charge in [0, 0.05) is 0 Å². The van der Waals surface area contributed by atoms with Gasteiger partial charge in [0.2, 0.25) is 0 Å². The first kappa shape index (κ1) is 8.52. The molecule has 0 fully saturated rings. The zero-order valence-corrected chi connectivity index (χ0v) is 6.87. The van der Waals surface area contributed by atoms with Crippen LogP contribution in [-0.2, 0) is 0 Å². The summed E-state index contributed by atoms with van der Waals surface area (Å²) in [6.45, 7) is 3.52. The molecule has 0 heterocycles. The fraction of sp³-hybridized carbons (Fsp3) is 0.250. The molecule has 0 bridgehead atoms. The topological polar surface area (TPSA) is 58.9 Å². The molecule has 0 unspecified atom stereocenters. The molecule has 0 aliphatic rings. The van der Waals surface area contributed by atoms with E-state index in [2.05, 4.69) is 10.4 Å². The lowest BCUT2D eigenvalue weighted by Crippen LogP contribution is -1.78. The van der Waals surface area contributed by atoms with Crippen molar-refractivity contribution in [3.05, 3.63) is 33.1 Å². The molecule has 0 saturated heterocycles. The minimum absolute atomic E-state index is 0.273. The first-order chi connectivity index (χ1) is 5.69. The Balaban J connectivity index is 3.36. The molecule has 62 valence electrons. The molecular formula is C8H8N2O2. The van der Waals surface area contributed by atoms with Crippen molar-refractivity contribution in [2.24, 2.45) is 10.4 Å². The molecule has 0 spiro atoms. The van der Waals surface area contributed by atoms with E-state index in [1.54, 1.807) is 19.9 Å². The largest absolute Gasteiger partial charge is 0.145 e. The Bertz CT molecular complexity index is 305. The number of hydrogen-bond acceptors (Lipinski definition) is 4. The summed E-state index contributed by atoms with van der Waals surface area (Å²) in [5.74, 6) is 0. The molecular weight excluding hydrogens is 156 g/mol. The van der Waals surface area contributed by atoms with Crippen LogP contribution in [0.4, 0.5) is 11.4 Å². The van der Waals surface area contributed by atoms with Gasteiger partial charge in [-0.05, 0) is 41.4 Å². The fourth-order valence-corrected chi connectivity index (χ4v) is 1.03. The van der Waals surface area contributed by atoms with E-state index in [-0.39, 0.29) is 11.4 Å². The number of rotatable bonds is 2. The number of nitrogens with zero attached hydrogens (tertiary/aromatic N) is 2. The maximum absolute atomic E-state index is 10.2. The van der Waals surface area contributed by atoms with Gasteiger partial charge in [-0.2, -0.15) is 0 Å². The van der Waals surface area contributed by atoms with Gasteiger partial charge in [-0.1, -0.05) is 6.07 Å². The standard InChI is InChI=1S/C8H8N2O2/c1-5-3-6(2)8(10-12)4-7(5)9-11/h3-4H,1-2H3. The molecule has 12 heavy (non-hydrogen) atoms. The lowest BCUT2D eigenvalue weighted by molar-refractivity contribution is 1.31. The van der Waals surface area contributed by atoms with Crippen LogP contribution in [-0.4, -0.2) is 0 Å². The van der Waals surface area contributed by atoms with Crippen molar-refractivity contribution in [3.63, 3.8) is 0 Å². The highest BCUT2D eigenvalue weighted by Crippen LogP contribution is 2.28. The molecule has 0 saturated carbocycles. The van der Waals surface area contributed by atoms with Gasteiger partial charge in [-0.3, -0.25) is 0 Å². The molecule has 0 aromatic heterocycles. The quantitative estimate of drug-likeness (QED) is 0.630. The van der Waals surface area contributed by atoms with Crippen molar-refractivity contribution >= 4 is 11.4 Å². The third-order valence-electron chi connectivity index (χ3n) is 1.71. The highest BCUT2D eigenvalue weighted by molar-refractivity contribution is 5.59. The van der Waals surface area contributed by atoms with Crippen LogP contribution in [0.1, 0.15) is 11.1 Å². The van der Waals surface area contributed by atoms with E-state index < -0.39 is 0 Å². The lowest BCUT2D eigenvalue weighted by Gasteiger charge is -2.00. The molecule has 0 radical (unpaired) electrons. The third kappa shape index (κ3) is 1.37. The van der Waals surface area contributed by atoms with Gasteiger partial charge >= 0.3 is 0 Å². The van der Waals surface area contributed by atoms with E-state index in [9.17, 15) is 9.81 Å². The first-order valence-corrected chi connectivity index (χ1v) is 3.47. The summed E-state index contributed by atoms with van der Waals surface area (Å²) in [5.41, 5.74) is 2.07. The summed E-state index contributed by atoms with van der Waals surface area (Å²) < 4.78 is 0. The summed E-state index contributed by atoms with van der Waals surface area (Å²) in [7, 11) is 0. The minimum Gasteiger partial charge on any atom is -0.145 e. The Morgan fingerprint density at radius 1 is 0.917 bits per heavy atom. The maximum atomic E-state index is 10.2. The summed E-state index contributed by atoms with van der Waals surface area (Å²) in [6, 6.07) is 3.11. The van der Waals surface area contributed by atoms with Crippen LogP contribution >= 0.6 is 0 Å². The third-order valence-corrected chi connectivity index (χ3v) is 1.71. The van der Waals surface area contributed by atoms with Gasteiger partial charge in [-0.15, -0.1) is 9.81 Å². The van der Waals surface area contributed by atoms with Crippen LogP contribution in [0.15, 0.2) is 22.5 Å². The van der Waals surface area contributed by atoms with E-state index in [0.29, 0.717) is 0 Å². The summed E-state index contributed by atoms with van der Waals surface area (Å²) in [6.07, 6.45) is 0. The van der Waals surface area contributed by atoms with E-state index in [1.807, 2.05) is 0 Å². The van der Waals surface area contributed by atoms with Crippen molar-refractivity contribution in [1.82, 2.24) is 0 Å². The zero-order chi connectivity index (χ0) is 9.14. The molecule has 0 aliphatic heterocycles. The van der Waals surface area contributed by atoms with Crippen LogP contribution in [0.5, 0.6) is 0 Å². The SMILES string of the molecule is Cc1cc(C)c(N=O)cc1N=O. The lowest BCUT2D eigenvalue weighted by atomic mass is 10.1. The molecule has 0 aliphatic carbocycles. The molecule has 1 aromatic carbocycles. The number of aryl methyl sites for hydroxylation is 2. The van der Waals surface area contributed by atoms with E-state index >= 15 is 0 Å². The minimum atomic E-state index is 0.273. The van der Waals surface area contributed by atoms with Gasteiger partial charge in [0.25, 0.3) is 0 Å². The first-order valence-electron chi connectivity index (χ1n) is 3.47. The monoisotopic (exact) mass is 164 g/mol. The van der Waals surface area contributed by atoms with Gasteiger partial charge in [0.15, 0.2) is 0 Å². The number of hydrogen-bond donors (Lipinski definition) is 0. The second kappa shape index (κ2) is 3.21. The smallest absolute Gasteiger partial charge is 0.113 e. The number of benzene rings is 1. The predicted molar refractivity (Wildman–Crippen MR) is 46.8 cm³/mol. The highest BCUT2D eigenvalue weighted by atomic mass is 16.3. The van der Waals surface area contributed by atoms with Crippen LogP contribution in [0.25, 0.3) is 0 Å². The molecule has 4 nitrogen and oxygen atoms in total. The Kier molecular flexibility index (Phi) is 2.28. The van der Waals surface area contributed by atoms with Gasteiger partial charge in [0.1, 0.15) is 11.4 Å². The van der Waals surface area contributed by atoms with Crippen molar-refractivity contribution < 1.29 is 0 Å². The normalized spacial score (nSPS) is 9.50. The molecule has 0 N–H and O–H groups in total. The van der Waals surface area contributed by atoms with E-state index in [0.717, 1.165) is 11.1 Å². The molecule has 0 amide bonds. The fourth-order valence-electron chi connectivity index (χ4n) is 1.03.